The van der Waals surface area contributed by atoms with Crippen molar-refractivity contribution in [1.29, 1.82) is 0 Å². The van der Waals surface area contributed by atoms with Crippen molar-refractivity contribution >= 4 is 27.7 Å². The smallest absolute Gasteiger partial charge is 0.243 e. The van der Waals surface area contributed by atoms with Gasteiger partial charge >= 0.3 is 0 Å². The highest BCUT2D eigenvalue weighted by Crippen LogP contribution is 2.22. The van der Waals surface area contributed by atoms with Crippen LogP contribution in [0.15, 0.2) is 64.4 Å². The van der Waals surface area contributed by atoms with Gasteiger partial charge < -0.3 is 5.32 Å². The number of hydrogen-bond acceptors (Lipinski definition) is 4. The second kappa shape index (κ2) is 9.03. The number of nitrogens with zero attached hydrogens (tertiary/aromatic N) is 1. The van der Waals surface area contributed by atoms with Crippen LogP contribution in [0, 0.1) is 0 Å². The monoisotopic (exact) mass is 378 g/mol. The number of nitrogens with one attached hydrogen (secondary N) is 1. The number of carbonyl (C=O) groups excluding carboxylic acids is 1. The van der Waals surface area contributed by atoms with Crippen LogP contribution >= 0.6 is 11.8 Å². The van der Waals surface area contributed by atoms with Crippen molar-refractivity contribution in [3.63, 3.8) is 0 Å². The highest BCUT2D eigenvalue weighted by Gasteiger charge is 2.20. The normalized spacial score (nSPS) is 11.5. The highest BCUT2D eigenvalue weighted by molar-refractivity contribution is 8.00. The fraction of sp³-hybridized carbons (Fsp3) is 0.278. The zero-order valence-electron chi connectivity index (χ0n) is 14.3. The van der Waals surface area contributed by atoms with Gasteiger partial charge in [0.15, 0.2) is 0 Å². The van der Waals surface area contributed by atoms with Gasteiger partial charge in [-0.25, -0.2) is 8.42 Å². The van der Waals surface area contributed by atoms with Crippen molar-refractivity contribution in [2.45, 2.75) is 23.3 Å². The molecule has 1 amide bonds. The van der Waals surface area contributed by atoms with Gasteiger partial charge in [-0.05, 0) is 36.8 Å². The lowest BCUT2D eigenvalue weighted by atomic mass is 10.2. The molecular formula is C18H22N2O3S2. The molecule has 0 fully saturated rings. The molecule has 134 valence electrons. The molecule has 5 nitrogen and oxygen atoms in total. The van der Waals surface area contributed by atoms with Crippen molar-refractivity contribution in [1.82, 2.24) is 9.62 Å². The van der Waals surface area contributed by atoms with Gasteiger partial charge in [-0.2, -0.15) is 4.31 Å². The van der Waals surface area contributed by atoms with E-state index in [0.717, 1.165) is 10.5 Å². The van der Waals surface area contributed by atoms with E-state index in [0.29, 0.717) is 18.8 Å². The van der Waals surface area contributed by atoms with Crippen LogP contribution in [-0.4, -0.2) is 38.0 Å². The molecule has 0 bridgehead atoms. The summed E-state index contributed by atoms with van der Waals surface area (Å²) in [4.78, 5) is 12.6. The van der Waals surface area contributed by atoms with Crippen LogP contribution in [-0.2, 0) is 21.4 Å². The number of carbonyl (C=O) groups is 1. The third-order valence-corrected chi connectivity index (χ3v) is 6.35. The minimum atomic E-state index is -3.55. The second-order valence-electron chi connectivity index (χ2n) is 5.46. The fourth-order valence-electron chi connectivity index (χ4n) is 2.21. The third-order valence-electron chi connectivity index (χ3n) is 3.52. The fourth-order valence-corrected chi connectivity index (χ4v) is 4.10. The Balaban J connectivity index is 2.03. The van der Waals surface area contributed by atoms with Crippen LogP contribution in [0.1, 0.15) is 12.5 Å². The standard InChI is InChI=1S/C18H22N2O3S2/c1-3-19-18(21)14-24-16-9-11-17(12-10-16)25(22,23)20(2)13-15-7-5-4-6-8-15/h4-12H,3,13-14H2,1-2H3,(H,19,21). The van der Waals surface area contributed by atoms with E-state index in [4.69, 9.17) is 0 Å². The molecule has 0 unspecified atom stereocenters. The van der Waals surface area contributed by atoms with E-state index >= 15 is 0 Å². The predicted octanol–water partition coefficient (Wildman–Crippen LogP) is 2.74. The number of sulfonamides is 1. The highest BCUT2D eigenvalue weighted by atomic mass is 32.2. The molecule has 0 spiro atoms. The number of thioether (sulfide) groups is 1. The van der Waals surface area contributed by atoms with E-state index in [2.05, 4.69) is 5.32 Å². The molecule has 0 saturated heterocycles. The average molecular weight is 379 g/mol. The van der Waals surface area contributed by atoms with Crippen LogP contribution in [0.2, 0.25) is 0 Å². The van der Waals surface area contributed by atoms with Crippen molar-refractivity contribution in [2.24, 2.45) is 0 Å². The molecule has 7 heteroatoms. The topological polar surface area (TPSA) is 66.5 Å². The first-order valence-electron chi connectivity index (χ1n) is 7.93. The van der Waals surface area contributed by atoms with Crippen LogP contribution in [0.5, 0.6) is 0 Å². The van der Waals surface area contributed by atoms with E-state index in [1.807, 2.05) is 37.3 Å². The van der Waals surface area contributed by atoms with E-state index in [9.17, 15) is 13.2 Å². The summed E-state index contributed by atoms with van der Waals surface area (Å²) >= 11 is 1.38. The van der Waals surface area contributed by atoms with Crippen LogP contribution < -0.4 is 5.32 Å². The van der Waals surface area contributed by atoms with E-state index < -0.39 is 10.0 Å². The first-order valence-corrected chi connectivity index (χ1v) is 10.4. The third kappa shape index (κ3) is 5.59. The number of benzene rings is 2. The van der Waals surface area contributed by atoms with E-state index in [1.165, 1.54) is 16.1 Å². The maximum absolute atomic E-state index is 12.7. The summed E-state index contributed by atoms with van der Waals surface area (Å²) in [5.41, 5.74) is 0.933. The Labute approximate surface area is 153 Å². The Hall–Kier alpha value is -1.83. The molecule has 1 N–H and O–H groups in total. The molecule has 0 saturated carbocycles. The summed E-state index contributed by atoms with van der Waals surface area (Å²) in [6, 6.07) is 16.1. The van der Waals surface area contributed by atoms with Gasteiger partial charge in [-0.3, -0.25) is 4.79 Å². The van der Waals surface area contributed by atoms with Crippen LogP contribution in [0.4, 0.5) is 0 Å². The summed E-state index contributed by atoms with van der Waals surface area (Å²) in [6.45, 7) is 2.79. The first kappa shape index (κ1) is 19.5. The summed E-state index contributed by atoms with van der Waals surface area (Å²) in [6.07, 6.45) is 0. The molecule has 0 atom stereocenters. The zero-order chi connectivity index (χ0) is 18.3. The maximum atomic E-state index is 12.7. The van der Waals surface area contributed by atoms with Gasteiger partial charge in [0.1, 0.15) is 0 Å². The molecule has 2 aromatic rings. The maximum Gasteiger partial charge on any atom is 0.243 e. The number of hydrogen-bond donors (Lipinski definition) is 1. The molecule has 2 rings (SSSR count). The molecule has 25 heavy (non-hydrogen) atoms. The number of amides is 1. The minimum absolute atomic E-state index is 0.0354. The summed E-state index contributed by atoms with van der Waals surface area (Å²) in [5.74, 6) is 0.278. The summed E-state index contributed by atoms with van der Waals surface area (Å²) in [5, 5.41) is 2.73. The molecule has 0 aromatic heterocycles. The Kier molecular flexibility index (Phi) is 7.04. The molecular weight excluding hydrogens is 356 g/mol. The Bertz CT molecular complexity index is 791. The van der Waals surface area contributed by atoms with Crippen molar-refractivity contribution < 1.29 is 13.2 Å². The lowest BCUT2D eigenvalue weighted by Gasteiger charge is -2.17. The Morgan fingerprint density at radius 1 is 1.08 bits per heavy atom. The lowest BCUT2D eigenvalue weighted by molar-refractivity contribution is -0.118. The largest absolute Gasteiger partial charge is 0.356 e. The zero-order valence-corrected chi connectivity index (χ0v) is 15.9. The number of rotatable bonds is 8. The predicted molar refractivity (Wildman–Crippen MR) is 101 cm³/mol. The lowest BCUT2D eigenvalue weighted by Crippen LogP contribution is -2.26. The average Bonchev–Trinajstić information content (AvgIpc) is 2.61. The van der Waals surface area contributed by atoms with Crippen molar-refractivity contribution in [3.05, 3.63) is 60.2 Å². The van der Waals surface area contributed by atoms with Crippen molar-refractivity contribution in [2.75, 3.05) is 19.3 Å². The quantitative estimate of drug-likeness (QED) is 0.717. The Morgan fingerprint density at radius 2 is 1.72 bits per heavy atom. The first-order chi connectivity index (χ1) is 11.9. The van der Waals surface area contributed by atoms with Crippen LogP contribution in [0.3, 0.4) is 0 Å². The van der Waals surface area contributed by atoms with Crippen molar-refractivity contribution in [3.8, 4) is 0 Å². The summed E-state index contributed by atoms with van der Waals surface area (Å²) in [7, 11) is -1.98. The van der Waals surface area contributed by atoms with E-state index in [-0.39, 0.29) is 10.8 Å². The van der Waals surface area contributed by atoms with E-state index in [1.54, 1.807) is 31.3 Å². The molecule has 0 heterocycles. The SMILES string of the molecule is CCNC(=O)CSc1ccc(S(=O)(=O)N(C)Cc2ccccc2)cc1. The molecule has 0 aliphatic rings. The van der Waals surface area contributed by atoms with Gasteiger partial charge in [-0.15, -0.1) is 11.8 Å². The minimum Gasteiger partial charge on any atom is -0.356 e. The Morgan fingerprint density at radius 3 is 2.32 bits per heavy atom. The molecule has 2 aromatic carbocycles. The van der Waals surface area contributed by atoms with Gasteiger partial charge in [0.2, 0.25) is 15.9 Å². The molecule has 0 radical (unpaired) electrons. The molecule has 0 aliphatic carbocycles. The van der Waals surface area contributed by atoms with Gasteiger partial charge in [0.25, 0.3) is 0 Å². The van der Waals surface area contributed by atoms with Gasteiger partial charge in [-0.1, -0.05) is 30.3 Å². The second-order valence-corrected chi connectivity index (χ2v) is 8.55. The van der Waals surface area contributed by atoms with Gasteiger partial charge in [0, 0.05) is 25.0 Å². The summed E-state index contributed by atoms with van der Waals surface area (Å²) < 4.78 is 26.6. The van der Waals surface area contributed by atoms with Gasteiger partial charge in [0.05, 0.1) is 10.6 Å². The molecule has 0 aliphatic heterocycles. The van der Waals surface area contributed by atoms with Crippen LogP contribution in [0.25, 0.3) is 0 Å².